The van der Waals surface area contributed by atoms with E-state index in [0.717, 1.165) is 28.7 Å². The summed E-state index contributed by atoms with van der Waals surface area (Å²) < 4.78 is 39.7. The number of hydrogen-bond donors (Lipinski definition) is 2. The number of benzene rings is 1. The molecule has 0 unspecified atom stereocenters. The zero-order valence-corrected chi connectivity index (χ0v) is 16.9. The maximum atomic E-state index is 12.7. The number of alkyl halides is 3. The van der Waals surface area contributed by atoms with Gasteiger partial charge in [0.1, 0.15) is 12.1 Å². The lowest BCUT2D eigenvalue weighted by Crippen LogP contribution is -2.40. The van der Waals surface area contributed by atoms with Crippen LogP contribution < -0.4 is 10.6 Å². The fourth-order valence-corrected chi connectivity index (χ4v) is 2.99. The van der Waals surface area contributed by atoms with Crippen LogP contribution in [-0.2, 0) is 19.8 Å². The second-order valence-corrected chi connectivity index (χ2v) is 6.68. The molecule has 0 radical (unpaired) electrons. The smallest absolute Gasteiger partial charge is 0.368 e. The first-order valence-electron chi connectivity index (χ1n) is 9.24. The van der Waals surface area contributed by atoms with Crippen LogP contribution in [0.25, 0.3) is 11.0 Å². The summed E-state index contributed by atoms with van der Waals surface area (Å²) in [6, 6.07) is 5.12. The van der Waals surface area contributed by atoms with E-state index in [1.807, 2.05) is 19.0 Å². The molecule has 1 aromatic carbocycles. The Hall–Kier alpha value is -3.37. The average molecular weight is 420 g/mol. The van der Waals surface area contributed by atoms with Gasteiger partial charge in [0.25, 0.3) is 0 Å². The van der Waals surface area contributed by atoms with Crippen LogP contribution in [0.4, 0.5) is 19.0 Å². The van der Waals surface area contributed by atoms with Crippen LogP contribution in [0.1, 0.15) is 11.1 Å². The molecule has 3 rings (SSSR count). The van der Waals surface area contributed by atoms with Crippen LogP contribution in [0.3, 0.4) is 0 Å². The Morgan fingerprint density at radius 2 is 1.90 bits per heavy atom. The second-order valence-electron chi connectivity index (χ2n) is 6.68. The fourth-order valence-electron chi connectivity index (χ4n) is 2.99. The third-order valence-corrected chi connectivity index (χ3v) is 4.50. The number of anilines is 1. The predicted octanol–water partition coefficient (Wildman–Crippen LogP) is 2.50. The maximum absolute atomic E-state index is 12.7. The minimum atomic E-state index is -4.33. The average Bonchev–Trinajstić information content (AvgIpc) is 3.09. The van der Waals surface area contributed by atoms with Crippen molar-refractivity contribution >= 4 is 22.8 Å². The Bertz CT molecular complexity index is 1010. The molecule has 0 saturated heterocycles. The third kappa shape index (κ3) is 4.97. The van der Waals surface area contributed by atoms with Crippen molar-refractivity contribution in [2.24, 2.45) is 12.0 Å². The molecule has 0 aliphatic heterocycles. The molecule has 2 N–H and O–H groups in total. The molecule has 160 valence electrons. The normalized spacial score (nSPS) is 12.3. The Morgan fingerprint density at radius 1 is 1.17 bits per heavy atom. The lowest BCUT2D eigenvalue weighted by atomic mass is 10.1. The number of halogens is 3. The fraction of sp³-hybridized carbons (Fsp3) is 0.368. The van der Waals surface area contributed by atoms with Crippen molar-refractivity contribution in [1.29, 1.82) is 0 Å². The van der Waals surface area contributed by atoms with Crippen molar-refractivity contribution in [2.75, 3.05) is 32.5 Å². The molecule has 2 aromatic heterocycles. The highest BCUT2D eigenvalue weighted by Crippen LogP contribution is 2.29. The molecule has 11 heteroatoms. The Balaban J connectivity index is 1.51. The van der Waals surface area contributed by atoms with E-state index >= 15 is 0 Å². The van der Waals surface area contributed by atoms with E-state index < -0.39 is 11.7 Å². The number of fused-ring (bicyclic) bond motifs is 1. The number of rotatable bonds is 6. The van der Waals surface area contributed by atoms with Crippen molar-refractivity contribution in [3.05, 3.63) is 47.9 Å². The van der Waals surface area contributed by atoms with E-state index in [1.165, 1.54) is 18.5 Å². The second kappa shape index (κ2) is 8.97. The third-order valence-electron chi connectivity index (χ3n) is 4.50. The van der Waals surface area contributed by atoms with Crippen LogP contribution in [0.5, 0.6) is 0 Å². The van der Waals surface area contributed by atoms with Crippen LogP contribution in [-0.4, -0.2) is 57.8 Å². The molecule has 0 bridgehead atoms. The zero-order chi connectivity index (χ0) is 21.7. The van der Waals surface area contributed by atoms with Crippen molar-refractivity contribution in [1.82, 2.24) is 30.0 Å². The number of aliphatic imine (C=N–C) groups is 1. The lowest BCUT2D eigenvalue weighted by molar-refractivity contribution is -0.137. The number of hydrogen-bond acceptors (Lipinski definition) is 5. The lowest BCUT2D eigenvalue weighted by Gasteiger charge is -2.22. The summed E-state index contributed by atoms with van der Waals surface area (Å²) in [5, 5.41) is 11.5. The molecule has 30 heavy (non-hydrogen) atoms. The van der Waals surface area contributed by atoms with Crippen LogP contribution >= 0.6 is 0 Å². The molecule has 3 aromatic rings. The summed E-state index contributed by atoms with van der Waals surface area (Å²) in [5.41, 5.74) is 0.842. The van der Waals surface area contributed by atoms with E-state index in [0.29, 0.717) is 31.4 Å². The Morgan fingerprint density at radius 3 is 2.57 bits per heavy atom. The van der Waals surface area contributed by atoms with Gasteiger partial charge in [0, 0.05) is 40.8 Å². The summed E-state index contributed by atoms with van der Waals surface area (Å²) in [6.07, 6.45) is -1.14. The molecule has 0 aliphatic carbocycles. The molecule has 0 spiro atoms. The van der Waals surface area contributed by atoms with Gasteiger partial charge in [-0.1, -0.05) is 12.1 Å². The maximum Gasteiger partial charge on any atom is 0.416 e. The molecule has 8 nitrogen and oxygen atoms in total. The highest BCUT2D eigenvalue weighted by Gasteiger charge is 2.29. The SMILES string of the molecule is CN=C(NCCNc1ncnc2c1cnn2C)N(C)Cc1ccc(C(F)(F)F)cc1. The van der Waals surface area contributed by atoms with Gasteiger partial charge >= 0.3 is 6.18 Å². The topological polar surface area (TPSA) is 83.3 Å². The molecule has 0 saturated carbocycles. The van der Waals surface area contributed by atoms with Gasteiger partial charge in [0.05, 0.1) is 17.1 Å². The molecule has 0 fully saturated rings. The minimum absolute atomic E-state index is 0.424. The summed E-state index contributed by atoms with van der Waals surface area (Å²) in [7, 11) is 5.30. The van der Waals surface area contributed by atoms with Crippen LogP contribution in [0, 0.1) is 0 Å². The van der Waals surface area contributed by atoms with Crippen molar-refractivity contribution in [2.45, 2.75) is 12.7 Å². The van der Waals surface area contributed by atoms with Gasteiger partial charge in [-0.05, 0) is 17.7 Å². The zero-order valence-electron chi connectivity index (χ0n) is 16.9. The van der Waals surface area contributed by atoms with E-state index in [4.69, 9.17) is 0 Å². The van der Waals surface area contributed by atoms with Gasteiger partial charge in [0.15, 0.2) is 11.6 Å². The van der Waals surface area contributed by atoms with Crippen molar-refractivity contribution < 1.29 is 13.2 Å². The summed E-state index contributed by atoms with van der Waals surface area (Å²) in [4.78, 5) is 14.5. The van der Waals surface area contributed by atoms with Crippen LogP contribution in [0.2, 0.25) is 0 Å². The van der Waals surface area contributed by atoms with Crippen LogP contribution in [0.15, 0.2) is 41.8 Å². The van der Waals surface area contributed by atoms with Gasteiger partial charge in [-0.3, -0.25) is 9.67 Å². The first-order valence-corrected chi connectivity index (χ1v) is 9.24. The highest BCUT2D eigenvalue weighted by molar-refractivity contribution is 5.86. The standard InChI is InChI=1S/C19H23F3N8/c1-23-18(29(2)11-13-4-6-14(7-5-13)19(20,21)22)25-9-8-24-16-15-10-28-30(3)17(15)27-12-26-16/h4-7,10,12H,8-9,11H2,1-3H3,(H,23,25)(H,24,26,27). The van der Waals surface area contributed by atoms with Gasteiger partial charge in [-0.2, -0.15) is 18.3 Å². The number of nitrogens with one attached hydrogen (secondary N) is 2. The first kappa shape index (κ1) is 21.3. The summed E-state index contributed by atoms with van der Waals surface area (Å²) in [6.45, 7) is 1.57. The van der Waals surface area contributed by atoms with Gasteiger partial charge in [-0.15, -0.1) is 0 Å². The van der Waals surface area contributed by atoms with E-state index in [1.54, 1.807) is 17.9 Å². The molecular weight excluding hydrogens is 397 g/mol. The van der Waals surface area contributed by atoms with Gasteiger partial charge < -0.3 is 15.5 Å². The van der Waals surface area contributed by atoms with E-state index in [2.05, 4.69) is 30.7 Å². The Labute approximate surface area is 171 Å². The van der Waals surface area contributed by atoms with Crippen molar-refractivity contribution in [3.63, 3.8) is 0 Å². The largest absolute Gasteiger partial charge is 0.416 e. The molecule has 0 amide bonds. The molecular formula is C19H23F3N8. The quantitative estimate of drug-likeness (QED) is 0.362. The molecule has 2 heterocycles. The van der Waals surface area contributed by atoms with Gasteiger partial charge in [-0.25, -0.2) is 9.97 Å². The number of nitrogens with zero attached hydrogens (tertiary/aromatic N) is 6. The molecule has 0 atom stereocenters. The number of aromatic nitrogens is 4. The van der Waals surface area contributed by atoms with Crippen molar-refractivity contribution in [3.8, 4) is 0 Å². The summed E-state index contributed by atoms with van der Waals surface area (Å²) in [5.74, 6) is 1.33. The predicted molar refractivity (Wildman–Crippen MR) is 109 cm³/mol. The van der Waals surface area contributed by atoms with Gasteiger partial charge in [0.2, 0.25) is 0 Å². The van der Waals surface area contributed by atoms with E-state index in [9.17, 15) is 13.2 Å². The molecule has 0 aliphatic rings. The number of guanidine groups is 1. The monoisotopic (exact) mass is 420 g/mol. The highest BCUT2D eigenvalue weighted by atomic mass is 19.4. The minimum Gasteiger partial charge on any atom is -0.368 e. The Kier molecular flexibility index (Phi) is 6.38. The number of aryl methyl sites for hydroxylation is 1. The van der Waals surface area contributed by atoms with E-state index in [-0.39, 0.29) is 0 Å². The first-order chi connectivity index (χ1) is 14.3. The summed E-state index contributed by atoms with van der Waals surface area (Å²) >= 11 is 0.